The largest absolute Gasteiger partial charge is 0.425 e. The molecule has 1 aromatic carbocycles. The summed E-state index contributed by atoms with van der Waals surface area (Å²) in [6, 6.07) is 6.02. The second-order valence-electron chi connectivity index (χ2n) is 4.22. The molecule has 0 fully saturated rings. The Morgan fingerprint density at radius 3 is 3.00 bits per heavy atom. The molecule has 0 amide bonds. The molecule has 0 bridgehead atoms. The molecule has 1 atom stereocenters. The summed E-state index contributed by atoms with van der Waals surface area (Å²) in [5, 5.41) is 8.73. The Kier molecular flexibility index (Phi) is 4.18. The fraction of sp³-hybridized carbons (Fsp3) is 0.462. The first-order chi connectivity index (χ1) is 8.20. The van der Waals surface area contributed by atoms with Gasteiger partial charge < -0.3 is 9.84 Å². The van der Waals surface area contributed by atoms with Crippen LogP contribution in [0.3, 0.4) is 0 Å². The van der Waals surface area contributed by atoms with E-state index in [4.69, 9.17) is 9.84 Å². The van der Waals surface area contributed by atoms with Crippen molar-refractivity contribution in [2.24, 2.45) is 0 Å². The third-order valence-electron chi connectivity index (χ3n) is 2.87. The van der Waals surface area contributed by atoms with Crippen LogP contribution < -0.4 is 4.74 Å². The van der Waals surface area contributed by atoms with Crippen LogP contribution >= 0.6 is 15.9 Å². The Hall–Kier alpha value is -0.870. The van der Waals surface area contributed by atoms with E-state index in [1.165, 1.54) is 0 Å². The molecule has 1 aliphatic heterocycles. The van der Waals surface area contributed by atoms with E-state index in [-0.39, 0.29) is 17.4 Å². The average molecular weight is 299 g/mol. The number of halogens is 1. The summed E-state index contributed by atoms with van der Waals surface area (Å²) < 4.78 is 5.26. The zero-order chi connectivity index (χ0) is 12.3. The third-order valence-corrected chi connectivity index (χ3v) is 3.57. The molecular weight excluding hydrogens is 284 g/mol. The Morgan fingerprint density at radius 2 is 2.24 bits per heavy atom. The number of hydrogen-bond acceptors (Lipinski definition) is 3. The lowest BCUT2D eigenvalue weighted by molar-refractivity contribution is -0.134. The predicted octanol–water partition coefficient (Wildman–Crippen LogP) is 2.23. The van der Waals surface area contributed by atoms with Gasteiger partial charge in [0, 0.05) is 6.61 Å². The lowest BCUT2D eigenvalue weighted by Crippen LogP contribution is -2.27. The lowest BCUT2D eigenvalue weighted by atomic mass is 10.0. The molecule has 17 heavy (non-hydrogen) atoms. The zero-order valence-corrected chi connectivity index (χ0v) is 11.1. The van der Waals surface area contributed by atoms with Gasteiger partial charge in [-0.25, -0.2) is 0 Å². The van der Waals surface area contributed by atoms with Gasteiger partial charge in [0.1, 0.15) is 10.6 Å². The van der Waals surface area contributed by atoms with Gasteiger partial charge >= 0.3 is 5.97 Å². The van der Waals surface area contributed by atoms with Crippen LogP contribution in [0.4, 0.5) is 0 Å². The van der Waals surface area contributed by atoms with Gasteiger partial charge in [-0.1, -0.05) is 28.1 Å². The van der Waals surface area contributed by atoms with E-state index < -0.39 is 0 Å². The smallest absolute Gasteiger partial charge is 0.325 e. The van der Waals surface area contributed by atoms with Gasteiger partial charge in [0.15, 0.2) is 0 Å². The first-order valence-electron chi connectivity index (χ1n) is 5.79. The lowest BCUT2D eigenvalue weighted by Gasteiger charge is -2.20. The van der Waals surface area contributed by atoms with E-state index in [9.17, 15) is 4.79 Å². The maximum absolute atomic E-state index is 11.4. The molecular formula is C13H15BrO3. The summed E-state index contributed by atoms with van der Waals surface area (Å²) in [5.74, 6) is 0.470. The van der Waals surface area contributed by atoms with Crippen LogP contribution in [0.15, 0.2) is 18.2 Å². The summed E-state index contributed by atoms with van der Waals surface area (Å²) >= 11 is 3.29. The Labute approximate surface area is 109 Å². The fourth-order valence-corrected chi connectivity index (χ4v) is 2.35. The van der Waals surface area contributed by atoms with Crippen molar-refractivity contribution < 1.29 is 14.6 Å². The van der Waals surface area contributed by atoms with Crippen molar-refractivity contribution in [2.45, 2.75) is 30.5 Å². The van der Waals surface area contributed by atoms with Gasteiger partial charge in [-0.3, -0.25) is 4.79 Å². The number of carbonyl (C=O) groups excluding carboxylic acids is 1. The number of benzene rings is 1. The monoisotopic (exact) mass is 298 g/mol. The van der Waals surface area contributed by atoms with Gasteiger partial charge in [-0.05, 0) is 42.9 Å². The molecule has 0 aromatic heterocycles. The van der Waals surface area contributed by atoms with E-state index in [2.05, 4.69) is 22.0 Å². The third kappa shape index (κ3) is 3.07. The number of ether oxygens (including phenoxy) is 1. The SMILES string of the molecule is O=C1Oc2cc(CCCCO)ccc2CC1Br. The molecule has 0 radical (unpaired) electrons. The summed E-state index contributed by atoms with van der Waals surface area (Å²) in [6.07, 6.45) is 3.35. The van der Waals surface area contributed by atoms with E-state index in [0.717, 1.165) is 30.4 Å². The molecule has 92 valence electrons. The molecule has 3 nitrogen and oxygen atoms in total. The molecule has 1 aromatic rings. The standard InChI is InChI=1S/C13H15BrO3/c14-11-8-10-5-4-9(3-1-2-6-15)7-12(10)17-13(11)16/h4-5,7,11,15H,1-3,6,8H2. The molecule has 0 saturated heterocycles. The topological polar surface area (TPSA) is 46.5 Å². The van der Waals surface area contributed by atoms with E-state index >= 15 is 0 Å². The highest BCUT2D eigenvalue weighted by molar-refractivity contribution is 9.10. The summed E-state index contributed by atoms with van der Waals surface area (Å²) in [4.78, 5) is 11.2. The summed E-state index contributed by atoms with van der Waals surface area (Å²) in [6.45, 7) is 0.227. The minimum absolute atomic E-state index is 0.218. The van der Waals surface area contributed by atoms with Gasteiger partial charge in [0.05, 0.1) is 0 Å². The number of aliphatic hydroxyl groups is 1. The van der Waals surface area contributed by atoms with E-state index in [0.29, 0.717) is 12.2 Å². The molecule has 1 heterocycles. The van der Waals surface area contributed by atoms with Crippen molar-refractivity contribution in [3.63, 3.8) is 0 Å². The first kappa shape index (κ1) is 12.6. The minimum Gasteiger partial charge on any atom is -0.425 e. The van der Waals surface area contributed by atoms with Crippen LogP contribution in [0.5, 0.6) is 5.75 Å². The van der Waals surface area contributed by atoms with Crippen LogP contribution in [0, 0.1) is 0 Å². The number of alkyl halides is 1. The summed E-state index contributed by atoms with van der Waals surface area (Å²) in [7, 11) is 0. The molecule has 0 aliphatic carbocycles. The number of aryl methyl sites for hydroxylation is 1. The highest BCUT2D eigenvalue weighted by Gasteiger charge is 2.25. The highest BCUT2D eigenvalue weighted by Crippen LogP contribution is 2.29. The maximum atomic E-state index is 11.4. The second-order valence-corrected chi connectivity index (χ2v) is 5.32. The molecule has 0 spiro atoms. The Balaban J connectivity index is 2.09. The minimum atomic E-state index is -0.227. The number of aliphatic hydroxyl groups excluding tert-OH is 1. The van der Waals surface area contributed by atoms with Crippen molar-refractivity contribution in [1.82, 2.24) is 0 Å². The number of unbranched alkanes of at least 4 members (excludes halogenated alkanes) is 1. The summed E-state index contributed by atoms with van der Waals surface area (Å²) in [5.41, 5.74) is 2.22. The zero-order valence-electron chi connectivity index (χ0n) is 9.49. The second kappa shape index (κ2) is 5.65. The quantitative estimate of drug-likeness (QED) is 0.401. The van der Waals surface area contributed by atoms with Crippen molar-refractivity contribution >= 4 is 21.9 Å². The fourth-order valence-electron chi connectivity index (χ4n) is 1.91. The van der Waals surface area contributed by atoms with Crippen molar-refractivity contribution in [2.75, 3.05) is 6.61 Å². The van der Waals surface area contributed by atoms with Crippen molar-refractivity contribution in [1.29, 1.82) is 0 Å². The van der Waals surface area contributed by atoms with Crippen LogP contribution in [0.1, 0.15) is 24.0 Å². The average Bonchev–Trinajstić information content (AvgIpc) is 2.31. The molecule has 1 N–H and O–H groups in total. The molecule has 4 heteroatoms. The number of rotatable bonds is 4. The Bertz CT molecular complexity index is 417. The molecule has 1 unspecified atom stereocenters. The maximum Gasteiger partial charge on any atom is 0.325 e. The van der Waals surface area contributed by atoms with Crippen LogP contribution in [0.25, 0.3) is 0 Å². The first-order valence-corrected chi connectivity index (χ1v) is 6.70. The number of hydrogen-bond donors (Lipinski definition) is 1. The number of fused-ring (bicyclic) bond motifs is 1. The number of esters is 1. The van der Waals surface area contributed by atoms with Gasteiger partial charge in [-0.2, -0.15) is 0 Å². The van der Waals surface area contributed by atoms with Crippen LogP contribution in [-0.2, 0) is 17.6 Å². The van der Waals surface area contributed by atoms with E-state index in [1.807, 2.05) is 12.1 Å². The highest BCUT2D eigenvalue weighted by atomic mass is 79.9. The van der Waals surface area contributed by atoms with Gasteiger partial charge in [-0.15, -0.1) is 0 Å². The van der Waals surface area contributed by atoms with Gasteiger partial charge in [0.25, 0.3) is 0 Å². The van der Waals surface area contributed by atoms with Gasteiger partial charge in [0.2, 0.25) is 0 Å². The molecule has 0 saturated carbocycles. The van der Waals surface area contributed by atoms with Crippen LogP contribution in [0.2, 0.25) is 0 Å². The normalized spacial score (nSPS) is 18.7. The van der Waals surface area contributed by atoms with Crippen molar-refractivity contribution in [3.05, 3.63) is 29.3 Å². The molecule has 1 aliphatic rings. The predicted molar refractivity (Wildman–Crippen MR) is 68.5 cm³/mol. The van der Waals surface area contributed by atoms with Crippen molar-refractivity contribution in [3.8, 4) is 5.75 Å². The molecule has 2 rings (SSSR count). The number of carbonyl (C=O) groups is 1. The Morgan fingerprint density at radius 1 is 1.41 bits per heavy atom. The van der Waals surface area contributed by atoms with E-state index in [1.54, 1.807) is 0 Å². The van der Waals surface area contributed by atoms with Crippen LogP contribution in [-0.4, -0.2) is 22.5 Å².